The van der Waals surface area contributed by atoms with Crippen LogP contribution in [0.4, 0.5) is 0 Å². The van der Waals surface area contributed by atoms with Gasteiger partial charge in [0.05, 0.1) is 6.10 Å². The lowest BCUT2D eigenvalue weighted by molar-refractivity contribution is 0.166. The molecule has 1 atom stereocenters. The van der Waals surface area contributed by atoms with Gasteiger partial charge >= 0.3 is 0 Å². The molecule has 0 amide bonds. The predicted octanol–water partition coefficient (Wildman–Crippen LogP) is 6.32. The predicted molar refractivity (Wildman–Crippen MR) is 90.6 cm³/mol. The van der Waals surface area contributed by atoms with Crippen LogP contribution >= 0.6 is 11.3 Å². The fourth-order valence-electron chi connectivity index (χ4n) is 2.77. The first-order chi connectivity index (χ1) is 9.65. The number of hydrogen-bond donors (Lipinski definition) is 1. The number of aliphatic hydroxyl groups is 1. The Morgan fingerprint density at radius 1 is 0.950 bits per heavy atom. The van der Waals surface area contributed by atoms with Crippen LogP contribution in [0.5, 0.6) is 0 Å². The van der Waals surface area contributed by atoms with Gasteiger partial charge in [-0.05, 0) is 31.9 Å². The summed E-state index contributed by atoms with van der Waals surface area (Å²) in [4.78, 5) is 2.49. The second kappa shape index (κ2) is 10.4. The smallest absolute Gasteiger partial charge is 0.0884 e. The molecule has 0 aliphatic rings. The van der Waals surface area contributed by atoms with E-state index in [9.17, 15) is 5.11 Å². The SMILES string of the molecule is CCCCCCCCCCCC(O)c1sc(C)cc1C. The van der Waals surface area contributed by atoms with Crippen LogP contribution in [0.15, 0.2) is 6.07 Å². The molecule has 0 bridgehead atoms. The van der Waals surface area contributed by atoms with E-state index >= 15 is 0 Å². The Hall–Kier alpha value is -0.340. The first kappa shape index (κ1) is 17.7. The zero-order valence-electron chi connectivity index (χ0n) is 13.6. The maximum atomic E-state index is 10.2. The van der Waals surface area contributed by atoms with Gasteiger partial charge in [-0.25, -0.2) is 0 Å². The monoisotopic (exact) mass is 296 g/mol. The molecule has 0 aliphatic heterocycles. The van der Waals surface area contributed by atoms with E-state index in [-0.39, 0.29) is 6.10 Å². The number of unbranched alkanes of at least 4 members (excludes halogenated alkanes) is 8. The summed E-state index contributed by atoms with van der Waals surface area (Å²) in [6.07, 6.45) is 12.8. The fraction of sp³-hybridized carbons (Fsp3) is 0.778. The minimum atomic E-state index is -0.238. The maximum absolute atomic E-state index is 10.2. The van der Waals surface area contributed by atoms with Crippen molar-refractivity contribution in [1.82, 2.24) is 0 Å². The lowest BCUT2D eigenvalue weighted by atomic mass is 10.0. The van der Waals surface area contributed by atoms with Crippen molar-refractivity contribution in [2.24, 2.45) is 0 Å². The number of thiophene rings is 1. The lowest BCUT2D eigenvalue weighted by Gasteiger charge is -2.09. The zero-order chi connectivity index (χ0) is 14.8. The van der Waals surface area contributed by atoms with E-state index in [0.29, 0.717) is 0 Å². The number of rotatable bonds is 11. The van der Waals surface area contributed by atoms with Gasteiger partial charge in [0.25, 0.3) is 0 Å². The molecule has 0 aliphatic carbocycles. The van der Waals surface area contributed by atoms with Gasteiger partial charge < -0.3 is 5.11 Å². The zero-order valence-corrected chi connectivity index (χ0v) is 14.4. The number of hydrogen-bond acceptors (Lipinski definition) is 2. The molecule has 1 N–H and O–H groups in total. The normalized spacial score (nSPS) is 12.8. The summed E-state index contributed by atoms with van der Waals surface area (Å²) in [6.45, 7) is 6.49. The van der Waals surface area contributed by atoms with Gasteiger partial charge in [0.1, 0.15) is 0 Å². The molecular weight excluding hydrogens is 264 g/mol. The third-order valence-electron chi connectivity index (χ3n) is 3.96. The Bertz CT molecular complexity index is 356. The highest BCUT2D eigenvalue weighted by atomic mass is 32.1. The second-order valence-corrected chi connectivity index (χ2v) is 7.33. The average molecular weight is 297 g/mol. The van der Waals surface area contributed by atoms with E-state index in [2.05, 4.69) is 26.8 Å². The van der Waals surface area contributed by atoms with Crippen molar-refractivity contribution >= 4 is 11.3 Å². The van der Waals surface area contributed by atoms with Gasteiger partial charge in [-0.1, -0.05) is 64.7 Å². The van der Waals surface area contributed by atoms with E-state index in [1.54, 1.807) is 11.3 Å². The average Bonchev–Trinajstić information content (AvgIpc) is 2.75. The van der Waals surface area contributed by atoms with Crippen molar-refractivity contribution in [2.45, 2.75) is 91.1 Å². The number of aliphatic hydroxyl groups excluding tert-OH is 1. The maximum Gasteiger partial charge on any atom is 0.0884 e. The molecule has 0 radical (unpaired) electrons. The highest BCUT2D eigenvalue weighted by Crippen LogP contribution is 2.30. The molecule has 0 aromatic carbocycles. The summed E-state index contributed by atoms with van der Waals surface area (Å²) in [5, 5.41) is 10.2. The van der Waals surface area contributed by atoms with Crippen LogP contribution in [0, 0.1) is 13.8 Å². The molecule has 1 rings (SSSR count). The molecule has 2 heteroatoms. The summed E-state index contributed by atoms with van der Waals surface area (Å²) >= 11 is 1.75. The van der Waals surface area contributed by atoms with Gasteiger partial charge in [-0.15, -0.1) is 11.3 Å². The van der Waals surface area contributed by atoms with Crippen molar-refractivity contribution in [3.63, 3.8) is 0 Å². The lowest BCUT2D eigenvalue weighted by Crippen LogP contribution is -1.96. The molecule has 1 aromatic rings. The molecule has 1 nitrogen and oxygen atoms in total. The Kier molecular flexibility index (Phi) is 9.21. The highest BCUT2D eigenvalue weighted by Gasteiger charge is 2.12. The summed E-state index contributed by atoms with van der Waals surface area (Å²) in [7, 11) is 0. The first-order valence-corrected chi connectivity index (χ1v) is 9.21. The third-order valence-corrected chi connectivity index (χ3v) is 5.22. The van der Waals surface area contributed by atoms with E-state index in [0.717, 1.165) is 12.8 Å². The summed E-state index contributed by atoms with van der Waals surface area (Å²) in [5.74, 6) is 0. The Morgan fingerprint density at radius 2 is 1.50 bits per heavy atom. The van der Waals surface area contributed by atoms with Crippen LogP contribution < -0.4 is 0 Å². The highest BCUT2D eigenvalue weighted by molar-refractivity contribution is 7.12. The van der Waals surface area contributed by atoms with E-state index in [1.165, 1.54) is 66.7 Å². The minimum absolute atomic E-state index is 0.238. The Morgan fingerprint density at radius 3 is 2.00 bits per heavy atom. The van der Waals surface area contributed by atoms with Gasteiger partial charge in [-0.2, -0.15) is 0 Å². The van der Waals surface area contributed by atoms with Gasteiger partial charge in [0.15, 0.2) is 0 Å². The van der Waals surface area contributed by atoms with Crippen molar-refractivity contribution in [2.75, 3.05) is 0 Å². The Balaban J connectivity index is 2.02. The molecule has 0 spiro atoms. The van der Waals surface area contributed by atoms with Crippen molar-refractivity contribution in [3.05, 3.63) is 21.4 Å². The third kappa shape index (κ3) is 6.90. The molecule has 0 saturated carbocycles. The largest absolute Gasteiger partial charge is 0.388 e. The van der Waals surface area contributed by atoms with Crippen molar-refractivity contribution in [3.8, 4) is 0 Å². The van der Waals surface area contributed by atoms with Crippen LogP contribution in [0.1, 0.15) is 92.6 Å². The van der Waals surface area contributed by atoms with E-state index in [1.807, 2.05) is 0 Å². The molecule has 1 unspecified atom stereocenters. The topological polar surface area (TPSA) is 20.2 Å². The summed E-state index contributed by atoms with van der Waals surface area (Å²) in [6, 6.07) is 2.18. The second-order valence-electron chi connectivity index (χ2n) is 6.04. The Labute approximate surface area is 129 Å². The van der Waals surface area contributed by atoms with Gasteiger partial charge in [0, 0.05) is 9.75 Å². The van der Waals surface area contributed by atoms with Crippen LogP contribution in [0.3, 0.4) is 0 Å². The summed E-state index contributed by atoms with van der Waals surface area (Å²) < 4.78 is 0. The first-order valence-electron chi connectivity index (χ1n) is 8.40. The fourth-order valence-corrected chi connectivity index (χ4v) is 3.83. The quantitative estimate of drug-likeness (QED) is 0.474. The molecule has 20 heavy (non-hydrogen) atoms. The molecule has 1 heterocycles. The molecule has 0 fully saturated rings. The standard InChI is InChI=1S/C18H32OS/c1-4-5-6-7-8-9-10-11-12-13-17(19)18-15(2)14-16(3)20-18/h14,17,19H,4-13H2,1-3H3. The molecule has 0 saturated heterocycles. The van der Waals surface area contributed by atoms with Crippen molar-refractivity contribution < 1.29 is 5.11 Å². The van der Waals surface area contributed by atoms with E-state index in [4.69, 9.17) is 0 Å². The van der Waals surface area contributed by atoms with Crippen LogP contribution in [0.25, 0.3) is 0 Å². The van der Waals surface area contributed by atoms with Crippen molar-refractivity contribution in [1.29, 1.82) is 0 Å². The molecular formula is C18H32OS. The van der Waals surface area contributed by atoms with Gasteiger partial charge in [-0.3, -0.25) is 0 Å². The van der Waals surface area contributed by atoms with Crippen LogP contribution in [0.2, 0.25) is 0 Å². The minimum Gasteiger partial charge on any atom is -0.388 e. The van der Waals surface area contributed by atoms with E-state index < -0.39 is 0 Å². The van der Waals surface area contributed by atoms with Gasteiger partial charge in [0.2, 0.25) is 0 Å². The summed E-state index contributed by atoms with van der Waals surface area (Å²) in [5.41, 5.74) is 1.26. The van der Waals surface area contributed by atoms with Crippen LogP contribution in [-0.2, 0) is 0 Å². The molecule has 116 valence electrons. The van der Waals surface area contributed by atoms with Crippen LogP contribution in [-0.4, -0.2) is 5.11 Å². The molecule has 1 aromatic heterocycles. The number of aryl methyl sites for hydroxylation is 2.